The van der Waals surface area contributed by atoms with Gasteiger partial charge in [0.25, 0.3) is 0 Å². The van der Waals surface area contributed by atoms with Crippen molar-refractivity contribution in [2.75, 3.05) is 26.7 Å². The molecule has 1 aliphatic heterocycles. The molecule has 1 heterocycles. The molecule has 1 atom stereocenters. The summed E-state index contributed by atoms with van der Waals surface area (Å²) in [6.45, 7) is 2.80. The number of rotatable bonds is 4. The van der Waals surface area contributed by atoms with Crippen molar-refractivity contribution < 1.29 is 4.79 Å². The number of carbonyl (C=O) groups is 1. The molecule has 1 unspecified atom stereocenters. The van der Waals surface area contributed by atoms with Gasteiger partial charge in [-0.1, -0.05) is 12.1 Å². The Morgan fingerprint density at radius 3 is 2.84 bits per heavy atom. The molecule has 1 amide bonds. The van der Waals surface area contributed by atoms with Crippen molar-refractivity contribution in [1.82, 2.24) is 10.2 Å². The lowest BCUT2D eigenvalue weighted by Crippen LogP contribution is -2.43. The molecule has 0 aliphatic carbocycles. The van der Waals surface area contributed by atoms with Crippen LogP contribution in [-0.4, -0.2) is 37.5 Å². The molecule has 0 spiro atoms. The van der Waals surface area contributed by atoms with Crippen LogP contribution in [0.15, 0.2) is 29.2 Å². The van der Waals surface area contributed by atoms with Crippen molar-refractivity contribution in [1.29, 1.82) is 0 Å². The van der Waals surface area contributed by atoms with Crippen LogP contribution in [-0.2, 0) is 11.2 Å². The summed E-state index contributed by atoms with van der Waals surface area (Å²) in [6, 6.07) is 7.84. The minimum Gasteiger partial charge on any atom is -0.342 e. The van der Waals surface area contributed by atoms with E-state index in [2.05, 4.69) is 17.9 Å². The van der Waals surface area contributed by atoms with E-state index in [1.165, 1.54) is 6.42 Å². The van der Waals surface area contributed by atoms with Crippen molar-refractivity contribution in [2.45, 2.75) is 24.2 Å². The molecule has 1 saturated heterocycles. The molecule has 0 bridgehead atoms. The van der Waals surface area contributed by atoms with Crippen molar-refractivity contribution in [3.05, 3.63) is 29.8 Å². The van der Waals surface area contributed by atoms with Crippen LogP contribution in [0, 0.1) is 5.92 Å². The Morgan fingerprint density at radius 2 is 2.16 bits per heavy atom. The Hall–Kier alpha value is -1.00. The summed E-state index contributed by atoms with van der Waals surface area (Å²) < 4.78 is 0. The van der Waals surface area contributed by atoms with Crippen LogP contribution < -0.4 is 5.32 Å². The SMILES string of the molecule is CNCC1CCCN(C(=O)Cc2ccc(S)cc2)C1. The van der Waals surface area contributed by atoms with E-state index in [1.54, 1.807) is 0 Å². The Bertz CT molecular complexity index is 417. The highest BCUT2D eigenvalue weighted by Gasteiger charge is 2.22. The van der Waals surface area contributed by atoms with Crippen molar-refractivity contribution >= 4 is 18.5 Å². The normalized spacial score (nSPS) is 19.5. The van der Waals surface area contributed by atoms with Gasteiger partial charge in [-0.3, -0.25) is 4.79 Å². The third kappa shape index (κ3) is 4.25. The van der Waals surface area contributed by atoms with Gasteiger partial charge in [0.1, 0.15) is 0 Å². The quantitative estimate of drug-likeness (QED) is 0.826. The Morgan fingerprint density at radius 1 is 1.42 bits per heavy atom. The molecule has 0 radical (unpaired) electrons. The molecular weight excluding hydrogens is 256 g/mol. The summed E-state index contributed by atoms with van der Waals surface area (Å²) in [4.78, 5) is 15.2. The van der Waals surface area contributed by atoms with Crippen LogP contribution in [0.4, 0.5) is 0 Å². The number of piperidine rings is 1. The molecule has 2 rings (SSSR count). The predicted molar refractivity (Wildman–Crippen MR) is 80.6 cm³/mol. The summed E-state index contributed by atoms with van der Waals surface area (Å²) in [5.74, 6) is 0.843. The second-order valence-corrected chi connectivity index (χ2v) is 5.77. The van der Waals surface area contributed by atoms with Gasteiger partial charge in [0.05, 0.1) is 6.42 Å². The number of likely N-dealkylation sites (tertiary alicyclic amines) is 1. The smallest absolute Gasteiger partial charge is 0.226 e. The fourth-order valence-electron chi connectivity index (χ4n) is 2.65. The fourth-order valence-corrected chi connectivity index (χ4v) is 2.80. The molecule has 3 nitrogen and oxygen atoms in total. The lowest BCUT2D eigenvalue weighted by Gasteiger charge is -2.32. The zero-order valence-electron chi connectivity index (χ0n) is 11.4. The first-order chi connectivity index (χ1) is 9.19. The maximum Gasteiger partial charge on any atom is 0.226 e. The van der Waals surface area contributed by atoms with Gasteiger partial charge in [-0.05, 0) is 50.0 Å². The molecular formula is C15H22N2OS. The first-order valence-electron chi connectivity index (χ1n) is 6.89. The van der Waals surface area contributed by atoms with Gasteiger partial charge in [-0.25, -0.2) is 0 Å². The van der Waals surface area contributed by atoms with E-state index in [-0.39, 0.29) is 5.91 Å². The fraction of sp³-hybridized carbons (Fsp3) is 0.533. The predicted octanol–water partition coefficient (Wildman–Crippen LogP) is 1.98. The first kappa shape index (κ1) is 14.4. The standard InChI is InChI=1S/C15H22N2OS/c1-16-10-13-3-2-8-17(11-13)15(18)9-12-4-6-14(19)7-5-12/h4-7,13,16,19H,2-3,8-11H2,1H3. The van der Waals surface area contributed by atoms with E-state index in [0.29, 0.717) is 12.3 Å². The van der Waals surface area contributed by atoms with E-state index in [9.17, 15) is 4.79 Å². The lowest BCUT2D eigenvalue weighted by atomic mass is 9.97. The third-order valence-corrected chi connectivity index (χ3v) is 3.95. The maximum absolute atomic E-state index is 12.3. The molecule has 4 heteroatoms. The summed E-state index contributed by atoms with van der Waals surface area (Å²) in [6.07, 6.45) is 2.84. The van der Waals surface area contributed by atoms with Gasteiger partial charge < -0.3 is 10.2 Å². The summed E-state index contributed by atoms with van der Waals surface area (Å²) in [7, 11) is 1.97. The zero-order valence-corrected chi connectivity index (χ0v) is 12.3. The van der Waals surface area contributed by atoms with Crippen LogP contribution in [0.1, 0.15) is 18.4 Å². The summed E-state index contributed by atoms with van der Waals surface area (Å²) >= 11 is 4.26. The van der Waals surface area contributed by atoms with Crippen LogP contribution in [0.25, 0.3) is 0 Å². The van der Waals surface area contributed by atoms with Crippen molar-refractivity contribution in [3.63, 3.8) is 0 Å². The summed E-state index contributed by atoms with van der Waals surface area (Å²) in [5.41, 5.74) is 1.07. The Kier molecular flexibility index (Phi) is 5.28. The van der Waals surface area contributed by atoms with Gasteiger partial charge in [0, 0.05) is 18.0 Å². The number of hydrogen-bond donors (Lipinski definition) is 2. The number of carbonyl (C=O) groups excluding carboxylic acids is 1. The second-order valence-electron chi connectivity index (χ2n) is 5.25. The average molecular weight is 278 g/mol. The van der Waals surface area contributed by atoms with Crippen molar-refractivity contribution in [3.8, 4) is 0 Å². The van der Waals surface area contributed by atoms with Gasteiger partial charge >= 0.3 is 0 Å². The topological polar surface area (TPSA) is 32.3 Å². The Balaban J connectivity index is 1.90. The minimum atomic E-state index is 0.243. The number of hydrogen-bond acceptors (Lipinski definition) is 3. The van der Waals surface area contributed by atoms with Gasteiger partial charge in [0.2, 0.25) is 5.91 Å². The monoisotopic (exact) mass is 278 g/mol. The van der Waals surface area contributed by atoms with E-state index in [0.717, 1.165) is 36.5 Å². The van der Waals surface area contributed by atoms with E-state index < -0.39 is 0 Å². The van der Waals surface area contributed by atoms with E-state index >= 15 is 0 Å². The first-order valence-corrected chi connectivity index (χ1v) is 7.34. The van der Waals surface area contributed by atoms with E-state index in [1.807, 2.05) is 36.2 Å². The molecule has 0 aromatic heterocycles. The minimum absolute atomic E-state index is 0.243. The number of nitrogens with one attached hydrogen (secondary N) is 1. The third-order valence-electron chi connectivity index (χ3n) is 3.66. The van der Waals surface area contributed by atoms with E-state index in [4.69, 9.17) is 0 Å². The van der Waals surface area contributed by atoms with Crippen LogP contribution >= 0.6 is 12.6 Å². The largest absolute Gasteiger partial charge is 0.342 e. The lowest BCUT2D eigenvalue weighted by molar-refractivity contribution is -0.132. The molecule has 1 aliphatic rings. The molecule has 19 heavy (non-hydrogen) atoms. The maximum atomic E-state index is 12.3. The second kappa shape index (κ2) is 6.96. The number of thiol groups is 1. The molecule has 104 valence electrons. The molecule has 0 saturated carbocycles. The average Bonchev–Trinajstić information content (AvgIpc) is 2.42. The highest BCUT2D eigenvalue weighted by atomic mass is 32.1. The molecule has 1 aromatic rings. The van der Waals surface area contributed by atoms with Crippen molar-refractivity contribution in [2.24, 2.45) is 5.92 Å². The molecule has 1 fully saturated rings. The Labute approximate surface area is 120 Å². The molecule has 1 N–H and O–H groups in total. The highest BCUT2D eigenvalue weighted by molar-refractivity contribution is 7.80. The number of amides is 1. The number of benzene rings is 1. The van der Waals surface area contributed by atoms with Gasteiger partial charge in [-0.15, -0.1) is 12.6 Å². The van der Waals surface area contributed by atoms with Crippen LogP contribution in [0.5, 0.6) is 0 Å². The number of nitrogens with zero attached hydrogens (tertiary/aromatic N) is 1. The summed E-state index contributed by atoms with van der Waals surface area (Å²) in [5, 5.41) is 3.21. The molecule has 1 aromatic carbocycles. The zero-order chi connectivity index (χ0) is 13.7. The van der Waals surface area contributed by atoms with Crippen LogP contribution in [0.3, 0.4) is 0 Å². The van der Waals surface area contributed by atoms with Crippen LogP contribution in [0.2, 0.25) is 0 Å². The van der Waals surface area contributed by atoms with Gasteiger partial charge in [-0.2, -0.15) is 0 Å². The highest BCUT2D eigenvalue weighted by Crippen LogP contribution is 2.17. The van der Waals surface area contributed by atoms with Gasteiger partial charge in [0.15, 0.2) is 0 Å².